The average Bonchev–Trinajstić information content (AvgIpc) is 2.99. The van der Waals surface area contributed by atoms with Crippen LogP contribution in [0.5, 0.6) is 0 Å². The van der Waals surface area contributed by atoms with Crippen molar-refractivity contribution in [2.24, 2.45) is 0 Å². The van der Waals surface area contributed by atoms with Gasteiger partial charge in [-0.05, 0) is 51.6 Å². The summed E-state index contributed by atoms with van der Waals surface area (Å²) >= 11 is -1.82. The van der Waals surface area contributed by atoms with Gasteiger partial charge in [-0.1, -0.05) is 77.9 Å². The summed E-state index contributed by atoms with van der Waals surface area (Å²) in [6.45, 7) is 26.0. The fourth-order valence-corrected chi connectivity index (χ4v) is 14.1. The second kappa shape index (κ2) is 16.3. The molecule has 0 heterocycles. The van der Waals surface area contributed by atoms with Crippen molar-refractivity contribution >= 4 is 15.8 Å². The third-order valence-electron chi connectivity index (χ3n) is 7.71. The average molecular weight is 762 g/mol. The molecule has 4 aromatic carbocycles. The Morgan fingerprint density at radius 3 is 1.67 bits per heavy atom. The normalized spacial score (nSPS) is 12.7. The van der Waals surface area contributed by atoms with Crippen molar-refractivity contribution in [3.63, 3.8) is 0 Å². The van der Waals surface area contributed by atoms with Crippen LogP contribution in [0.3, 0.4) is 0 Å². The Bertz CT molecular complexity index is 1700. The molecule has 48 heavy (non-hydrogen) atoms. The SMILES string of the molecule is CC(C)c1cc(C(C)C)c(-c2[c]cccc2)c(C(C)C)c1.C[C](C)(C)[Pd]([O]S(=O)(=O)Cc1ccccc1-c1ccccc1N)[C](C)(C)C. The van der Waals surface area contributed by atoms with E-state index in [1.807, 2.05) is 102 Å². The molecular weight excluding hydrogens is 705 g/mol. The molecule has 0 atom stereocenters. The minimum absolute atomic E-state index is 0.165. The van der Waals surface area contributed by atoms with E-state index in [4.69, 9.17) is 8.64 Å². The predicted molar refractivity (Wildman–Crippen MR) is 202 cm³/mol. The van der Waals surface area contributed by atoms with Crippen LogP contribution in [0.1, 0.15) is 123 Å². The van der Waals surface area contributed by atoms with Gasteiger partial charge in [0.15, 0.2) is 0 Å². The Hall–Kier alpha value is -2.75. The zero-order valence-electron chi connectivity index (χ0n) is 31.0. The molecule has 4 aromatic rings. The molecule has 0 aliphatic carbocycles. The van der Waals surface area contributed by atoms with Crippen LogP contribution in [0, 0.1) is 6.07 Å². The van der Waals surface area contributed by atoms with Gasteiger partial charge < -0.3 is 0 Å². The van der Waals surface area contributed by atoms with Gasteiger partial charge in [-0.2, -0.15) is 0 Å². The van der Waals surface area contributed by atoms with Gasteiger partial charge >= 0.3 is 170 Å². The van der Waals surface area contributed by atoms with Gasteiger partial charge in [-0.15, -0.1) is 0 Å². The molecule has 0 aliphatic rings. The molecule has 1 radical (unpaired) electrons. The molecule has 0 aromatic heterocycles. The third-order valence-corrected chi connectivity index (χ3v) is 14.8. The summed E-state index contributed by atoms with van der Waals surface area (Å²) < 4.78 is 31.4. The molecule has 0 saturated heterocycles. The van der Waals surface area contributed by atoms with E-state index >= 15 is 0 Å². The van der Waals surface area contributed by atoms with Gasteiger partial charge in [0, 0.05) is 0 Å². The number of hydrogen-bond donors (Lipinski definition) is 1. The Balaban J connectivity index is 0.000000269. The number of rotatable bonds is 9. The van der Waals surface area contributed by atoms with E-state index in [1.54, 1.807) is 0 Å². The van der Waals surface area contributed by atoms with E-state index < -0.39 is 27.2 Å². The van der Waals surface area contributed by atoms with Crippen molar-refractivity contribution in [3.05, 3.63) is 113 Å². The molecule has 0 aliphatic heterocycles. The monoisotopic (exact) mass is 761 g/mol. The summed E-state index contributed by atoms with van der Waals surface area (Å²) in [4.78, 5) is 0. The van der Waals surface area contributed by atoms with Crippen molar-refractivity contribution in [1.82, 2.24) is 0 Å². The first-order valence-corrected chi connectivity index (χ1v) is 20.6. The predicted octanol–water partition coefficient (Wildman–Crippen LogP) is 12.3. The van der Waals surface area contributed by atoms with Gasteiger partial charge in [0.25, 0.3) is 0 Å². The molecule has 0 spiro atoms. The quantitative estimate of drug-likeness (QED) is 0.136. The van der Waals surface area contributed by atoms with E-state index in [0.29, 0.717) is 29.0 Å². The third kappa shape index (κ3) is 10.6. The molecule has 0 amide bonds. The van der Waals surface area contributed by atoms with Gasteiger partial charge in [0.2, 0.25) is 0 Å². The number of anilines is 1. The molecule has 4 nitrogen and oxygen atoms in total. The molecular formula is C42H57NO3PdS. The van der Waals surface area contributed by atoms with Crippen LogP contribution in [0.25, 0.3) is 22.3 Å². The Morgan fingerprint density at radius 2 is 1.21 bits per heavy atom. The minimum atomic E-state index is -3.73. The number of nitrogen functional groups attached to an aromatic ring is 1. The van der Waals surface area contributed by atoms with E-state index in [9.17, 15) is 8.42 Å². The zero-order chi connectivity index (χ0) is 36.0. The molecule has 0 saturated carbocycles. The molecule has 2 N–H and O–H groups in total. The van der Waals surface area contributed by atoms with Crippen molar-refractivity contribution < 1.29 is 28.5 Å². The van der Waals surface area contributed by atoms with Crippen molar-refractivity contribution in [2.45, 2.75) is 114 Å². The maximum absolute atomic E-state index is 12.9. The summed E-state index contributed by atoms with van der Waals surface area (Å²) in [5.41, 5.74) is 16.0. The van der Waals surface area contributed by atoms with Gasteiger partial charge in [-0.3, -0.25) is 0 Å². The van der Waals surface area contributed by atoms with Crippen LogP contribution >= 0.6 is 0 Å². The molecule has 4 rings (SSSR count). The Morgan fingerprint density at radius 1 is 0.708 bits per heavy atom. The zero-order valence-corrected chi connectivity index (χ0v) is 33.4. The summed E-state index contributed by atoms with van der Waals surface area (Å²) in [6, 6.07) is 31.5. The number of nitrogens with two attached hydrogens (primary N) is 1. The molecule has 0 bridgehead atoms. The van der Waals surface area contributed by atoms with Gasteiger partial charge in [0.05, 0.1) is 0 Å². The van der Waals surface area contributed by atoms with Crippen LogP contribution < -0.4 is 5.73 Å². The van der Waals surface area contributed by atoms with Crippen LogP contribution in [0.4, 0.5) is 5.69 Å². The second-order valence-corrected chi connectivity index (χ2v) is 22.9. The Kier molecular flexibility index (Phi) is 13.5. The first-order valence-electron chi connectivity index (χ1n) is 16.8. The van der Waals surface area contributed by atoms with E-state index in [1.165, 1.54) is 27.8 Å². The number of benzene rings is 4. The number of hydrogen-bond acceptors (Lipinski definition) is 4. The fraction of sp³-hybridized carbons (Fsp3) is 0.429. The van der Waals surface area contributed by atoms with Crippen molar-refractivity contribution in [2.75, 3.05) is 5.73 Å². The van der Waals surface area contributed by atoms with E-state index in [2.05, 4.69) is 71.9 Å². The molecule has 264 valence electrons. The second-order valence-electron chi connectivity index (χ2n) is 15.0. The fourth-order valence-electron chi connectivity index (χ4n) is 5.63. The topological polar surface area (TPSA) is 69.4 Å². The summed E-state index contributed by atoms with van der Waals surface area (Å²) in [7, 11) is -3.73. The number of para-hydroxylation sites is 1. The van der Waals surface area contributed by atoms with Gasteiger partial charge in [0.1, 0.15) is 0 Å². The van der Waals surface area contributed by atoms with Crippen molar-refractivity contribution in [1.29, 1.82) is 0 Å². The summed E-state index contributed by atoms with van der Waals surface area (Å²) in [6.07, 6.45) is 0. The van der Waals surface area contributed by atoms with Crippen LogP contribution in [-0.4, -0.2) is 8.42 Å². The van der Waals surface area contributed by atoms with E-state index in [-0.39, 0.29) is 13.5 Å². The van der Waals surface area contributed by atoms with Crippen LogP contribution in [0.2, 0.25) is 7.78 Å². The summed E-state index contributed by atoms with van der Waals surface area (Å²) in [5.74, 6) is 1.44. The van der Waals surface area contributed by atoms with E-state index in [0.717, 1.165) is 11.1 Å². The van der Waals surface area contributed by atoms with Crippen LogP contribution in [0.15, 0.2) is 84.9 Å². The maximum atomic E-state index is 12.9. The standard InChI is InChI=1S/C21H27.C13H13NO3S.2C4H9.Pd/c1-14(2)18-12-19(15(3)4)21(20(13-18)16(5)6)17-10-8-7-9-11-17;14-13-8-4-3-7-12(13)11-6-2-1-5-10(11)9-18(15,16)17;2*1-4(2)3;/h7-10,12-16H,1-6H3;1-8H,9,14H2,(H,15,16,17);2*1-3H3;/q;;;;+1/p-1. The first-order chi connectivity index (χ1) is 22.2. The van der Waals surface area contributed by atoms with Crippen molar-refractivity contribution in [3.8, 4) is 22.3 Å². The molecule has 0 unspecified atom stereocenters. The Labute approximate surface area is 298 Å². The molecule has 6 heteroatoms. The first kappa shape index (κ1) is 39.7. The molecule has 0 fully saturated rings. The summed E-state index contributed by atoms with van der Waals surface area (Å²) in [5, 5.41) is 0. The van der Waals surface area contributed by atoms with Crippen LogP contribution in [-0.2, 0) is 35.9 Å². The van der Waals surface area contributed by atoms with Gasteiger partial charge in [-0.25, -0.2) is 0 Å².